The number of hydrogen-bond donors (Lipinski definition) is 0. The van der Waals surface area contributed by atoms with Gasteiger partial charge in [-0.05, 0) is 6.92 Å². The van der Waals surface area contributed by atoms with Crippen molar-refractivity contribution in [1.82, 2.24) is 0 Å². The van der Waals surface area contributed by atoms with Crippen molar-refractivity contribution in [2.24, 2.45) is 5.92 Å². The Balaban J connectivity index is 3.76. The maximum Gasteiger partial charge on any atom is 0.165 e. The van der Waals surface area contributed by atoms with Gasteiger partial charge in [0.15, 0.2) is 6.17 Å². The Morgan fingerprint density at radius 2 is 1.78 bits per heavy atom. The van der Waals surface area contributed by atoms with Gasteiger partial charge in [-0.25, -0.2) is 8.78 Å². The van der Waals surface area contributed by atoms with E-state index in [-0.39, 0.29) is 0 Å². The third-order valence-electron chi connectivity index (χ3n) is 1.35. The largest absolute Gasteiger partial charge is 0.247 e. The Hall–Kier alpha value is -0.580. The van der Waals surface area contributed by atoms with Gasteiger partial charge >= 0.3 is 0 Å². The van der Waals surface area contributed by atoms with Gasteiger partial charge in [-0.1, -0.05) is 12.8 Å². The number of hydrogen-bond acceptors (Lipinski definition) is 0. The maximum absolute atomic E-state index is 12.3. The summed E-state index contributed by atoms with van der Waals surface area (Å²) in [6.45, 7) is 2.75. The molecule has 0 aliphatic heterocycles. The van der Waals surface area contributed by atoms with Crippen LogP contribution in [0.5, 0.6) is 0 Å². The van der Waals surface area contributed by atoms with Gasteiger partial charge in [-0.2, -0.15) is 0 Å². The minimum atomic E-state index is -1.45. The van der Waals surface area contributed by atoms with Crippen LogP contribution in [-0.4, -0.2) is 12.3 Å². The minimum absolute atomic E-state index is 0.685. The normalized spacial score (nSPS) is 19.9. The zero-order valence-electron chi connectivity index (χ0n) is 5.57. The molecule has 0 amide bonds. The van der Waals surface area contributed by atoms with Crippen LogP contribution >= 0.6 is 0 Å². The highest BCUT2D eigenvalue weighted by Crippen LogP contribution is 2.13. The lowest BCUT2D eigenvalue weighted by atomic mass is 10.0. The van der Waals surface area contributed by atoms with E-state index in [9.17, 15) is 8.78 Å². The number of alkyl halides is 2. The molecule has 0 radical (unpaired) electrons. The maximum atomic E-state index is 12.3. The number of rotatable bonds is 2. The van der Waals surface area contributed by atoms with E-state index in [2.05, 4.69) is 0 Å². The second kappa shape index (κ2) is 3.45. The molecule has 0 aromatic heterocycles. The molecular formula is C7H10F2. The molecule has 0 bridgehead atoms. The minimum Gasteiger partial charge on any atom is -0.247 e. The van der Waals surface area contributed by atoms with Crippen LogP contribution in [-0.2, 0) is 0 Å². The molecule has 0 aromatic rings. The highest BCUT2D eigenvalue weighted by Gasteiger charge is 2.19. The zero-order valence-corrected chi connectivity index (χ0v) is 5.57. The molecule has 0 aromatic carbocycles. The van der Waals surface area contributed by atoms with Gasteiger partial charge in [0.25, 0.3) is 0 Å². The summed E-state index contributed by atoms with van der Waals surface area (Å²) in [4.78, 5) is 0. The molecule has 9 heavy (non-hydrogen) atoms. The van der Waals surface area contributed by atoms with E-state index in [1.165, 1.54) is 13.8 Å². The van der Waals surface area contributed by atoms with Crippen LogP contribution in [0.4, 0.5) is 8.78 Å². The molecule has 0 rings (SSSR count). The van der Waals surface area contributed by atoms with Crippen LogP contribution in [0.15, 0.2) is 0 Å². The van der Waals surface area contributed by atoms with E-state index in [4.69, 9.17) is 6.42 Å². The lowest BCUT2D eigenvalue weighted by Crippen LogP contribution is -2.19. The van der Waals surface area contributed by atoms with Gasteiger partial charge in [0.2, 0.25) is 0 Å². The topological polar surface area (TPSA) is 0 Å². The van der Waals surface area contributed by atoms with E-state index in [1.54, 1.807) is 0 Å². The fourth-order valence-corrected chi connectivity index (χ4v) is 0.385. The Kier molecular flexibility index (Phi) is 3.22. The molecule has 0 saturated heterocycles. The lowest BCUT2D eigenvalue weighted by molar-refractivity contribution is 0.187. The van der Waals surface area contributed by atoms with E-state index >= 15 is 0 Å². The smallest absolute Gasteiger partial charge is 0.165 e. The van der Waals surface area contributed by atoms with Crippen molar-refractivity contribution in [3.05, 3.63) is 0 Å². The van der Waals surface area contributed by atoms with Crippen molar-refractivity contribution >= 4 is 0 Å². The molecule has 3 atom stereocenters. The summed E-state index contributed by atoms with van der Waals surface area (Å²) in [6, 6.07) is 0. The molecule has 2 heteroatoms. The Morgan fingerprint density at radius 1 is 1.33 bits per heavy atom. The Labute approximate surface area is 54.3 Å². The zero-order chi connectivity index (χ0) is 7.44. The summed E-state index contributed by atoms with van der Waals surface area (Å²) in [5, 5.41) is 0. The van der Waals surface area contributed by atoms with Crippen molar-refractivity contribution in [1.29, 1.82) is 0 Å². The molecule has 3 unspecified atom stereocenters. The predicted octanol–water partition coefficient (Wildman–Crippen LogP) is 1.95. The van der Waals surface area contributed by atoms with E-state index in [0.717, 1.165) is 0 Å². The third-order valence-corrected chi connectivity index (χ3v) is 1.35. The van der Waals surface area contributed by atoms with Crippen molar-refractivity contribution in [2.45, 2.75) is 26.2 Å². The quantitative estimate of drug-likeness (QED) is 0.504. The van der Waals surface area contributed by atoms with Gasteiger partial charge in [-0.15, -0.1) is 6.42 Å². The molecule has 0 fully saturated rings. The van der Waals surface area contributed by atoms with Crippen molar-refractivity contribution in [3.63, 3.8) is 0 Å². The van der Waals surface area contributed by atoms with Crippen LogP contribution in [0.2, 0.25) is 0 Å². The summed E-state index contributed by atoms with van der Waals surface area (Å²) in [7, 11) is 0. The first-order valence-corrected chi connectivity index (χ1v) is 2.84. The summed E-state index contributed by atoms with van der Waals surface area (Å²) in [5.74, 6) is 1.15. The predicted molar refractivity (Wildman–Crippen MR) is 33.5 cm³/mol. The second-order valence-electron chi connectivity index (χ2n) is 2.11. The Morgan fingerprint density at radius 3 is 1.89 bits per heavy atom. The molecule has 0 aliphatic carbocycles. The van der Waals surface area contributed by atoms with E-state index in [0.29, 0.717) is 0 Å². The SMILES string of the molecule is C#CC(F)C(C)C(C)F. The van der Waals surface area contributed by atoms with E-state index in [1.807, 2.05) is 5.92 Å². The van der Waals surface area contributed by atoms with Crippen LogP contribution < -0.4 is 0 Å². The van der Waals surface area contributed by atoms with Crippen molar-refractivity contribution < 1.29 is 8.78 Å². The van der Waals surface area contributed by atoms with Crippen molar-refractivity contribution in [2.75, 3.05) is 0 Å². The highest BCUT2D eigenvalue weighted by atomic mass is 19.1. The second-order valence-corrected chi connectivity index (χ2v) is 2.11. The summed E-state index contributed by atoms with van der Waals surface area (Å²) in [5.41, 5.74) is 0. The summed E-state index contributed by atoms with van der Waals surface area (Å²) < 4.78 is 24.5. The summed E-state index contributed by atoms with van der Waals surface area (Å²) in [6.07, 6.45) is 2.10. The van der Waals surface area contributed by atoms with Crippen LogP contribution in [0, 0.1) is 18.3 Å². The number of terminal acetylenes is 1. The van der Waals surface area contributed by atoms with E-state index < -0.39 is 18.3 Å². The van der Waals surface area contributed by atoms with Crippen LogP contribution in [0.3, 0.4) is 0 Å². The van der Waals surface area contributed by atoms with Gasteiger partial charge in [0.05, 0.1) is 0 Å². The standard InChI is InChI=1S/C7H10F2/c1-4-7(9)5(2)6(3)8/h1,5-7H,2-3H3. The first kappa shape index (κ1) is 8.42. The number of halogens is 2. The van der Waals surface area contributed by atoms with Gasteiger partial charge in [0.1, 0.15) is 6.17 Å². The molecule has 0 N–H and O–H groups in total. The average molecular weight is 132 g/mol. The molecule has 0 heterocycles. The molecule has 0 aliphatic rings. The first-order valence-electron chi connectivity index (χ1n) is 2.84. The van der Waals surface area contributed by atoms with Crippen LogP contribution in [0.25, 0.3) is 0 Å². The Bertz CT molecular complexity index is 113. The molecule has 0 nitrogen and oxygen atoms in total. The third kappa shape index (κ3) is 2.46. The average Bonchev–Trinajstić information content (AvgIpc) is 1.84. The van der Waals surface area contributed by atoms with Gasteiger partial charge < -0.3 is 0 Å². The fourth-order valence-electron chi connectivity index (χ4n) is 0.385. The molecule has 0 saturated carbocycles. The van der Waals surface area contributed by atoms with Gasteiger partial charge in [-0.3, -0.25) is 0 Å². The summed E-state index contributed by atoms with van der Waals surface area (Å²) >= 11 is 0. The molecule has 52 valence electrons. The first-order chi connectivity index (χ1) is 4.09. The highest BCUT2D eigenvalue weighted by molar-refractivity contribution is 4.97. The van der Waals surface area contributed by atoms with Gasteiger partial charge in [0, 0.05) is 5.92 Å². The lowest BCUT2D eigenvalue weighted by Gasteiger charge is -2.11. The molecule has 0 spiro atoms. The van der Waals surface area contributed by atoms with Crippen molar-refractivity contribution in [3.8, 4) is 12.3 Å². The molecular weight excluding hydrogens is 122 g/mol. The van der Waals surface area contributed by atoms with Crippen LogP contribution in [0.1, 0.15) is 13.8 Å². The monoisotopic (exact) mass is 132 g/mol. The fraction of sp³-hybridized carbons (Fsp3) is 0.714.